The lowest BCUT2D eigenvalue weighted by atomic mass is 10.2. The number of nitrogens with zero attached hydrogens (tertiary/aromatic N) is 2. The van der Waals surface area contributed by atoms with Gasteiger partial charge in [0.25, 0.3) is 0 Å². The van der Waals surface area contributed by atoms with Crippen LogP contribution in [0.5, 0.6) is 0 Å². The van der Waals surface area contributed by atoms with Gasteiger partial charge in [-0.3, -0.25) is 0 Å². The topological polar surface area (TPSA) is 25.8 Å². The van der Waals surface area contributed by atoms with Crippen molar-refractivity contribution >= 4 is 22.9 Å². The Hall–Kier alpha value is -1.00. The molecule has 1 aromatic heterocycles. The van der Waals surface area contributed by atoms with E-state index in [-0.39, 0.29) is 5.82 Å². The minimum absolute atomic E-state index is 0.219. The Morgan fingerprint density at radius 1 is 1.12 bits per heavy atom. The van der Waals surface area contributed by atoms with Gasteiger partial charge in [-0.05, 0) is 17.7 Å². The Balaban J connectivity index is 2.05. The average molecular weight is 257 g/mol. The van der Waals surface area contributed by atoms with Gasteiger partial charge in [0.1, 0.15) is 15.8 Å². The van der Waals surface area contributed by atoms with E-state index in [1.54, 1.807) is 23.5 Å². The SMILES string of the molecule is Fc1ccc(Cc2nnc(CCCl)s2)cc1. The van der Waals surface area contributed by atoms with Crippen molar-refractivity contribution in [2.24, 2.45) is 0 Å². The molecule has 0 fully saturated rings. The van der Waals surface area contributed by atoms with E-state index in [1.165, 1.54) is 12.1 Å². The lowest BCUT2D eigenvalue weighted by Crippen LogP contribution is -1.87. The number of rotatable bonds is 4. The molecular formula is C11H10ClFN2S. The maximum Gasteiger partial charge on any atom is 0.123 e. The summed E-state index contributed by atoms with van der Waals surface area (Å²) in [5.74, 6) is 0.342. The van der Waals surface area contributed by atoms with Crippen LogP contribution in [0.4, 0.5) is 4.39 Å². The first-order chi connectivity index (χ1) is 7.78. The number of halogens is 2. The lowest BCUT2D eigenvalue weighted by Gasteiger charge is -1.96. The monoisotopic (exact) mass is 256 g/mol. The van der Waals surface area contributed by atoms with Crippen LogP contribution in [0.3, 0.4) is 0 Å². The molecule has 0 saturated carbocycles. The smallest absolute Gasteiger partial charge is 0.123 e. The second-order valence-electron chi connectivity index (χ2n) is 3.33. The van der Waals surface area contributed by atoms with E-state index in [4.69, 9.17) is 11.6 Å². The fourth-order valence-electron chi connectivity index (χ4n) is 1.32. The quantitative estimate of drug-likeness (QED) is 0.786. The predicted octanol–water partition coefficient (Wildman–Crippen LogP) is 3.05. The van der Waals surface area contributed by atoms with Crippen LogP contribution < -0.4 is 0 Å². The van der Waals surface area contributed by atoms with Crippen LogP contribution in [0, 0.1) is 5.82 Å². The van der Waals surface area contributed by atoms with Gasteiger partial charge < -0.3 is 0 Å². The van der Waals surface area contributed by atoms with Gasteiger partial charge in [-0.2, -0.15) is 0 Å². The minimum Gasteiger partial charge on any atom is -0.207 e. The van der Waals surface area contributed by atoms with Gasteiger partial charge in [0.2, 0.25) is 0 Å². The molecule has 0 radical (unpaired) electrons. The molecule has 1 aromatic carbocycles. The molecule has 0 atom stereocenters. The molecule has 0 unspecified atom stereocenters. The predicted molar refractivity (Wildman–Crippen MR) is 63.5 cm³/mol. The maximum absolute atomic E-state index is 12.7. The summed E-state index contributed by atoms with van der Waals surface area (Å²) in [5, 5.41) is 9.99. The van der Waals surface area contributed by atoms with Gasteiger partial charge in [-0.15, -0.1) is 33.1 Å². The molecule has 1 heterocycles. The van der Waals surface area contributed by atoms with Crippen molar-refractivity contribution in [1.29, 1.82) is 0 Å². The summed E-state index contributed by atoms with van der Waals surface area (Å²) in [5.41, 5.74) is 1.04. The molecule has 0 bridgehead atoms. The van der Waals surface area contributed by atoms with E-state index in [9.17, 15) is 4.39 Å². The second-order valence-corrected chi connectivity index (χ2v) is 4.86. The van der Waals surface area contributed by atoms with Gasteiger partial charge in [0, 0.05) is 18.7 Å². The highest BCUT2D eigenvalue weighted by Crippen LogP contribution is 2.15. The van der Waals surface area contributed by atoms with E-state index in [0.29, 0.717) is 12.3 Å². The molecule has 0 aliphatic heterocycles. The van der Waals surface area contributed by atoms with Crippen LogP contribution in [0.15, 0.2) is 24.3 Å². The molecule has 0 spiro atoms. The molecule has 84 valence electrons. The Labute approximate surface area is 102 Å². The van der Waals surface area contributed by atoms with Crippen LogP contribution >= 0.6 is 22.9 Å². The fraction of sp³-hybridized carbons (Fsp3) is 0.273. The Bertz CT molecular complexity index is 455. The van der Waals surface area contributed by atoms with Gasteiger partial charge in [-0.1, -0.05) is 12.1 Å². The van der Waals surface area contributed by atoms with Crippen molar-refractivity contribution in [3.8, 4) is 0 Å². The molecule has 2 nitrogen and oxygen atoms in total. The second kappa shape index (κ2) is 5.37. The highest BCUT2D eigenvalue weighted by molar-refractivity contribution is 7.11. The van der Waals surface area contributed by atoms with Crippen molar-refractivity contribution in [3.05, 3.63) is 45.7 Å². The summed E-state index contributed by atoms with van der Waals surface area (Å²) in [4.78, 5) is 0. The van der Waals surface area contributed by atoms with Crippen LogP contribution in [0.2, 0.25) is 0 Å². The molecule has 5 heteroatoms. The van der Waals surface area contributed by atoms with Crippen molar-refractivity contribution in [2.75, 3.05) is 5.88 Å². The average Bonchev–Trinajstić information content (AvgIpc) is 2.70. The zero-order valence-corrected chi connectivity index (χ0v) is 10.1. The third-order valence-electron chi connectivity index (χ3n) is 2.09. The largest absolute Gasteiger partial charge is 0.207 e. The molecule has 2 aromatic rings. The standard InChI is InChI=1S/C11H10ClFN2S/c12-6-5-10-14-15-11(16-10)7-8-1-3-9(13)4-2-8/h1-4H,5-7H2. The zero-order chi connectivity index (χ0) is 11.4. The van der Waals surface area contributed by atoms with E-state index in [0.717, 1.165) is 22.0 Å². The lowest BCUT2D eigenvalue weighted by molar-refractivity contribution is 0.627. The highest BCUT2D eigenvalue weighted by Gasteiger charge is 2.04. The third-order valence-corrected chi connectivity index (χ3v) is 3.26. The van der Waals surface area contributed by atoms with E-state index in [1.807, 2.05) is 0 Å². The fourth-order valence-corrected chi connectivity index (χ4v) is 2.49. The first-order valence-electron chi connectivity index (χ1n) is 4.89. The van der Waals surface area contributed by atoms with Crippen molar-refractivity contribution in [1.82, 2.24) is 10.2 Å². The molecule has 0 saturated heterocycles. The van der Waals surface area contributed by atoms with Crippen molar-refractivity contribution in [2.45, 2.75) is 12.8 Å². The molecular weight excluding hydrogens is 247 g/mol. The minimum atomic E-state index is -0.219. The van der Waals surface area contributed by atoms with E-state index in [2.05, 4.69) is 10.2 Å². The molecule has 0 aliphatic carbocycles. The van der Waals surface area contributed by atoms with Gasteiger partial charge in [0.15, 0.2) is 0 Å². The number of aromatic nitrogens is 2. The third kappa shape index (κ3) is 3.00. The first kappa shape index (κ1) is 11.5. The number of hydrogen-bond acceptors (Lipinski definition) is 3. The summed E-state index contributed by atoms with van der Waals surface area (Å²) in [6.45, 7) is 0. The number of aryl methyl sites for hydroxylation is 1. The first-order valence-corrected chi connectivity index (χ1v) is 6.24. The number of alkyl halides is 1. The molecule has 0 aliphatic rings. The van der Waals surface area contributed by atoms with Crippen molar-refractivity contribution < 1.29 is 4.39 Å². The summed E-state index contributed by atoms with van der Waals surface area (Å²) in [6, 6.07) is 6.43. The van der Waals surface area contributed by atoms with Crippen molar-refractivity contribution in [3.63, 3.8) is 0 Å². The Kier molecular flexibility index (Phi) is 3.85. The van der Waals surface area contributed by atoms with Crippen LogP contribution in [-0.2, 0) is 12.8 Å². The molecule has 16 heavy (non-hydrogen) atoms. The summed E-state index contributed by atoms with van der Waals surface area (Å²) < 4.78 is 12.7. The maximum atomic E-state index is 12.7. The van der Waals surface area contributed by atoms with Crippen LogP contribution in [0.25, 0.3) is 0 Å². The Morgan fingerprint density at radius 3 is 2.50 bits per heavy atom. The van der Waals surface area contributed by atoms with Crippen LogP contribution in [-0.4, -0.2) is 16.1 Å². The van der Waals surface area contributed by atoms with E-state index < -0.39 is 0 Å². The van der Waals surface area contributed by atoms with Gasteiger partial charge in [0.05, 0.1) is 0 Å². The summed E-state index contributed by atoms with van der Waals surface area (Å²) >= 11 is 7.18. The molecule has 2 rings (SSSR count). The number of benzene rings is 1. The normalized spacial score (nSPS) is 10.6. The van der Waals surface area contributed by atoms with Gasteiger partial charge >= 0.3 is 0 Å². The number of hydrogen-bond donors (Lipinski definition) is 0. The van der Waals surface area contributed by atoms with Crippen LogP contribution in [0.1, 0.15) is 15.6 Å². The molecule has 0 amide bonds. The Morgan fingerprint density at radius 2 is 1.81 bits per heavy atom. The molecule has 0 N–H and O–H groups in total. The van der Waals surface area contributed by atoms with E-state index >= 15 is 0 Å². The highest BCUT2D eigenvalue weighted by atomic mass is 35.5. The summed E-state index contributed by atoms with van der Waals surface area (Å²) in [6.07, 6.45) is 1.45. The summed E-state index contributed by atoms with van der Waals surface area (Å²) in [7, 11) is 0. The zero-order valence-electron chi connectivity index (χ0n) is 8.49. The van der Waals surface area contributed by atoms with Gasteiger partial charge in [-0.25, -0.2) is 4.39 Å².